The highest BCUT2D eigenvalue weighted by Crippen LogP contribution is 2.25. The fourth-order valence-corrected chi connectivity index (χ4v) is 2.45. The number of amides is 1. The first-order valence-corrected chi connectivity index (χ1v) is 7.17. The van der Waals surface area contributed by atoms with Gasteiger partial charge >= 0.3 is 0 Å². The molecule has 0 saturated heterocycles. The quantitative estimate of drug-likeness (QED) is 0.515. The van der Waals surface area contributed by atoms with E-state index in [1.807, 2.05) is 0 Å². The lowest BCUT2D eigenvalue weighted by Crippen LogP contribution is -2.33. The molecule has 6 nitrogen and oxygen atoms in total. The van der Waals surface area contributed by atoms with Crippen LogP contribution in [0.2, 0.25) is 0 Å². The summed E-state index contributed by atoms with van der Waals surface area (Å²) < 4.78 is 0. The summed E-state index contributed by atoms with van der Waals surface area (Å²) >= 11 is 6.29. The van der Waals surface area contributed by atoms with Crippen LogP contribution in [0.3, 0.4) is 0 Å². The number of carbonyl (C=O) groups is 1. The Morgan fingerprint density at radius 2 is 2.14 bits per heavy atom. The summed E-state index contributed by atoms with van der Waals surface area (Å²) in [5.74, 6) is -0.350. The molecule has 0 radical (unpaired) electrons. The molecule has 0 spiro atoms. The average molecular weight is 321 g/mol. The van der Waals surface area contributed by atoms with E-state index in [4.69, 9.17) is 12.2 Å². The van der Waals surface area contributed by atoms with Gasteiger partial charge in [0.05, 0.1) is 9.80 Å². The summed E-state index contributed by atoms with van der Waals surface area (Å²) in [6, 6.07) is 8.12. The van der Waals surface area contributed by atoms with Crippen LogP contribution in [-0.2, 0) is 0 Å². The van der Waals surface area contributed by atoms with E-state index in [0.29, 0.717) is 4.88 Å². The predicted octanol–water partition coefficient (Wildman–Crippen LogP) is 3.09. The maximum absolute atomic E-state index is 11.8. The maximum atomic E-state index is 11.8. The molecule has 0 saturated carbocycles. The first-order valence-electron chi connectivity index (χ1n) is 5.88. The molecule has 0 atom stereocenters. The Balaban J connectivity index is 2.10. The smallest absolute Gasteiger partial charge is 0.292 e. The molecule has 1 heterocycles. The van der Waals surface area contributed by atoms with Crippen LogP contribution in [0.4, 0.5) is 11.4 Å². The number of aryl methyl sites for hydroxylation is 1. The highest BCUT2D eigenvalue weighted by Gasteiger charge is 2.16. The van der Waals surface area contributed by atoms with Crippen LogP contribution >= 0.6 is 23.6 Å². The molecule has 0 aliphatic carbocycles. The number of rotatable bonds is 3. The highest BCUT2D eigenvalue weighted by atomic mass is 32.1. The number of nitrogens with one attached hydrogen (secondary N) is 2. The van der Waals surface area contributed by atoms with Crippen LogP contribution in [0, 0.1) is 17.0 Å². The van der Waals surface area contributed by atoms with Gasteiger partial charge in [-0.25, -0.2) is 0 Å². The molecule has 2 aromatic rings. The molecule has 0 fully saturated rings. The summed E-state index contributed by atoms with van der Waals surface area (Å²) in [5, 5.41) is 17.9. The molecule has 1 amide bonds. The third kappa shape index (κ3) is 3.83. The number of benzene rings is 1. The first-order chi connectivity index (χ1) is 9.97. The van der Waals surface area contributed by atoms with E-state index in [1.54, 1.807) is 36.6 Å². The van der Waals surface area contributed by atoms with Crippen molar-refractivity contribution in [3.63, 3.8) is 0 Å². The van der Waals surface area contributed by atoms with Crippen LogP contribution in [-0.4, -0.2) is 15.9 Å². The zero-order valence-corrected chi connectivity index (χ0v) is 12.6. The Morgan fingerprint density at radius 1 is 1.38 bits per heavy atom. The van der Waals surface area contributed by atoms with Crippen molar-refractivity contribution in [3.8, 4) is 0 Å². The maximum Gasteiger partial charge on any atom is 0.292 e. The number of carbonyl (C=O) groups excluding carboxylic acids is 1. The lowest BCUT2D eigenvalue weighted by molar-refractivity contribution is -0.383. The number of nitro groups is 1. The van der Waals surface area contributed by atoms with E-state index in [9.17, 15) is 14.9 Å². The van der Waals surface area contributed by atoms with Crippen LogP contribution in [0.15, 0.2) is 35.7 Å². The topological polar surface area (TPSA) is 84.3 Å². The lowest BCUT2D eigenvalue weighted by atomic mass is 10.2. The summed E-state index contributed by atoms with van der Waals surface area (Å²) in [6.07, 6.45) is 0. The third-order valence-electron chi connectivity index (χ3n) is 2.57. The normalized spacial score (nSPS) is 9.95. The van der Waals surface area contributed by atoms with Gasteiger partial charge in [0.15, 0.2) is 5.11 Å². The van der Waals surface area contributed by atoms with Gasteiger partial charge in [0.25, 0.3) is 11.6 Å². The van der Waals surface area contributed by atoms with Crippen molar-refractivity contribution in [1.82, 2.24) is 5.32 Å². The molecule has 21 heavy (non-hydrogen) atoms. The lowest BCUT2D eigenvalue weighted by Gasteiger charge is -2.09. The van der Waals surface area contributed by atoms with E-state index < -0.39 is 4.92 Å². The first kappa shape index (κ1) is 15.1. The summed E-state index contributed by atoms with van der Waals surface area (Å²) in [6.45, 7) is 1.76. The minimum atomic E-state index is -0.501. The fourth-order valence-electron chi connectivity index (χ4n) is 1.62. The monoisotopic (exact) mass is 321 g/mol. The molecule has 2 N–H and O–H groups in total. The highest BCUT2D eigenvalue weighted by molar-refractivity contribution is 7.80. The van der Waals surface area contributed by atoms with Crippen molar-refractivity contribution >= 4 is 45.9 Å². The van der Waals surface area contributed by atoms with Crippen molar-refractivity contribution in [3.05, 3.63) is 56.3 Å². The van der Waals surface area contributed by atoms with Gasteiger partial charge in [0, 0.05) is 6.07 Å². The van der Waals surface area contributed by atoms with Gasteiger partial charge in [0.2, 0.25) is 0 Å². The Kier molecular flexibility index (Phi) is 4.61. The van der Waals surface area contributed by atoms with E-state index in [2.05, 4.69) is 10.6 Å². The summed E-state index contributed by atoms with van der Waals surface area (Å²) in [5.41, 5.74) is 0.908. The van der Waals surface area contributed by atoms with Gasteiger partial charge in [-0.05, 0) is 42.2 Å². The summed E-state index contributed by atoms with van der Waals surface area (Å²) in [4.78, 5) is 22.8. The van der Waals surface area contributed by atoms with Gasteiger partial charge < -0.3 is 5.32 Å². The zero-order valence-electron chi connectivity index (χ0n) is 11.0. The molecule has 0 aliphatic heterocycles. The standard InChI is InChI=1S/C13H11N3O3S2/c1-8-4-5-9(10(7-8)16(18)19)14-13(20)15-12(17)11-3-2-6-21-11/h2-7H,1H3,(H2,14,15,17,20). The number of thiophene rings is 1. The molecule has 1 aromatic heterocycles. The van der Waals surface area contributed by atoms with Crippen LogP contribution in [0.5, 0.6) is 0 Å². The van der Waals surface area contributed by atoms with Crippen molar-refractivity contribution in [1.29, 1.82) is 0 Å². The summed E-state index contributed by atoms with van der Waals surface area (Å²) in [7, 11) is 0. The SMILES string of the molecule is Cc1ccc(NC(=S)NC(=O)c2cccs2)c([N+](=O)[O-])c1. The minimum Gasteiger partial charge on any atom is -0.327 e. The molecule has 0 aliphatic rings. The number of nitro benzene ring substituents is 1. The van der Waals surface area contributed by atoms with Gasteiger partial charge in [-0.15, -0.1) is 11.3 Å². The van der Waals surface area contributed by atoms with E-state index in [0.717, 1.165) is 5.56 Å². The van der Waals surface area contributed by atoms with Crippen molar-refractivity contribution in [2.45, 2.75) is 6.92 Å². The minimum absolute atomic E-state index is 0.0142. The Hall–Kier alpha value is -2.32. The van der Waals surface area contributed by atoms with Crippen LogP contribution in [0.25, 0.3) is 0 Å². The number of nitrogens with zero attached hydrogens (tertiary/aromatic N) is 1. The Labute approximate surface area is 129 Å². The zero-order chi connectivity index (χ0) is 15.4. The number of anilines is 1. The van der Waals surface area contributed by atoms with Gasteiger partial charge in [0.1, 0.15) is 5.69 Å². The molecule has 1 aromatic carbocycles. The predicted molar refractivity (Wildman–Crippen MR) is 85.8 cm³/mol. The van der Waals surface area contributed by atoms with Gasteiger partial charge in [-0.1, -0.05) is 12.1 Å². The van der Waals surface area contributed by atoms with Crippen molar-refractivity contribution in [2.24, 2.45) is 0 Å². The van der Waals surface area contributed by atoms with E-state index >= 15 is 0 Å². The Morgan fingerprint density at radius 3 is 2.76 bits per heavy atom. The second kappa shape index (κ2) is 6.42. The molecule has 108 valence electrons. The number of thiocarbonyl (C=S) groups is 1. The number of hydrogen-bond acceptors (Lipinski definition) is 5. The molecular weight excluding hydrogens is 310 g/mol. The Bertz CT molecular complexity index is 699. The molecule has 0 bridgehead atoms. The molecule has 0 unspecified atom stereocenters. The second-order valence-electron chi connectivity index (χ2n) is 4.16. The van der Waals surface area contributed by atoms with Crippen molar-refractivity contribution < 1.29 is 9.72 Å². The fraction of sp³-hybridized carbons (Fsp3) is 0.0769. The van der Waals surface area contributed by atoms with Crippen LogP contribution < -0.4 is 10.6 Å². The number of hydrogen-bond donors (Lipinski definition) is 2. The van der Waals surface area contributed by atoms with E-state index in [-0.39, 0.29) is 22.4 Å². The second-order valence-corrected chi connectivity index (χ2v) is 5.52. The van der Waals surface area contributed by atoms with Gasteiger partial charge in [-0.2, -0.15) is 0 Å². The van der Waals surface area contributed by atoms with Gasteiger partial charge in [-0.3, -0.25) is 20.2 Å². The average Bonchev–Trinajstić information content (AvgIpc) is 2.94. The van der Waals surface area contributed by atoms with Crippen molar-refractivity contribution in [2.75, 3.05) is 5.32 Å². The molecular formula is C13H11N3O3S2. The molecule has 2 rings (SSSR count). The van der Waals surface area contributed by atoms with E-state index in [1.165, 1.54) is 17.4 Å². The molecule has 8 heteroatoms. The third-order valence-corrected chi connectivity index (χ3v) is 3.64. The largest absolute Gasteiger partial charge is 0.327 e. The van der Waals surface area contributed by atoms with Crippen LogP contribution in [0.1, 0.15) is 15.2 Å².